The van der Waals surface area contributed by atoms with Gasteiger partial charge in [0.05, 0.1) is 18.3 Å². The Balaban J connectivity index is 1.55. The van der Waals surface area contributed by atoms with E-state index in [0.29, 0.717) is 35.9 Å². The minimum absolute atomic E-state index is 0.130. The largest absolute Gasteiger partial charge is 0.393 e. The monoisotopic (exact) mass is 352 g/mol. The molecule has 4 heteroatoms. The van der Waals surface area contributed by atoms with Crippen molar-refractivity contribution in [3.8, 4) is 0 Å². The van der Waals surface area contributed by atoms with E-state index in [4.69, 9.17) is 9.47 Å². The Morgan fingerprint density at radius 2 is 1.76 bits per heavy atom. The Bertz CT molecular complexity index is 496. The highest BCUT2D eigenvalue weighted by Gasteiger charge is 2.61. The number of aliphatic hydroxyl groups is 2. The maximum atomic E-state index is 11.1. The summed E-state index contributed by atoms with van der Waals surface area (Å²) in [6.07, 6.45) is 8.43. The van der Waals surface area contributed by atoms with E-state index in [9.17, 15) is 10.2 Å². The summed E-state index contributed by atoms with van der Waals surface area (Å²) in [6.45, 7) is 5.19. The summed E-state index contributed by atoms with van der Waals surface area (Å²) in [5, 5.41) is 21.4. The number of hydrogen-bond acceptors (Lipinski definition) is 4. The van der Waals surface area contributed by atoms with Crippen LogP contribution in [0.1, 0.15) is 65.2 Å². The van der Waals surface area contributed by atoms with Gasteiger partial charge in [-0.1, -0.05) is 13.8 Å². The van der Waals surface area contributed by atoms with Crippen LogP contribution in [0.3, 0.4) is 0 Å². The SMILES string of the molecule is COCOC1CC[C@@]2(C)C(C1)C(O)C[C@H]1[C@@H]3CC(O)C[C@@]3(C)CC[C@@H]12. The van der Waals surface area contributed by atoms with Crippen molar-refractivity contribution >= 4 is 0 Å². The molecule has 25 heavy (non-hydrogen) atoms. The van der Waals surface area contributed by atoms with Gasteiger partial charge in [0.25, 0.3) is 0 Å². The van der Waals surface area contributed by atoms with Crippen LogP contribution < -0.4 is 0 Å². The van der Waals surface area contributed by atoms with Crippen LogP contribution in [0, 0.1) is 34.5 Å². The molecule has 4 rings (SSSR count). The molecule has 4 aliphatic carbocycles. The zero-order chi connectivity index (χ0) is 17.8. The molecule has 2 N–H and O–H groups in total. The lowest BCUT2D eigenvalue weighted by Gasteiger charge is -2.61. The first kappa shape index (κ1) is 18.2. The van der Waals surface area contributed by atoms with Crippen LogP contribution in [0.2, 0.25) is 0 Å². The second-order valence-electron chi connectivity index (χ2n) is 10.0. The van der Waals surface area contributed by atoms with E-state index in [1.165, 1.54) is 12.8 Å². The molecule has 0 bridgehead atoms. The fraction of sp³-hybridized carbons (Fsp3) is 1.00. The van der Waals surface area contributed by atoms with Crippen molar-refractivity contribution in [1.29, 1.82) is 0 Å². The third-order valence-electron chi connectivity index (χ3n) is 8.80. The van der Waals surface area contributed by atoms with Gasteiger partial charge < -0.3 is 19.7 Å². The number of fused-ring (bicyclic) bond motifs is 5. The fourth-order valence-electron chi connectivity index (χ4n) is 7.60. The zero-order valence-corrected chi connectivity index (χ0v) is 16.1. The summed E-state index contributed by atoms with van der Waals surface area (Å²) in [6, 6.07) is 0. The third-order valence-corrected chi connectivity index (χ3v) is 8.80. The van der Waals surface area contributed by atoms with Crippen molar-refractivity contribution in [3.05, 3.63) is 0 Å². The summed E-state index contributed by atoms with van der Waals surface area (Å²) >= 11 is 0. The molecule has 0 aromatic rings. The Morgan fingerprint density at radius 3 is 2.52 bits per heavy atom. The molecule has 0 aromatic heterocycles. The van der Waals surface area contributed by atoms with E-state index >= 15 is 0 Å². The molecule has 0 heterocycles. The molecule has 144 valence electrons. The van der Waals surface area contributed by atoms with Gasteiger partial charge in [-0.25, -0.2) is 0 Å². The molecule has 0 aromatic carbocycles. The van der Waals surface area contributed by atoms with Crippen molar-refractivity contribution in [2.45, 2.75) is 83.5 Å². The van der Waals surface area contributed by atoms with Gasteiger partial charge in [0.1, 0.15) is 6.79 Å². The van der Waals surface area contributed by atoms with Gasteiger partial charge >= 0.3 is 0 Å². The Kier molecular flexibility index (Phi) is 4.71. The molecule has 0 saturated heterocycles. The van der Waals surface area contributed by atoms with E-state index < -0.39 is 0 Å². The summed E-state index contributed by atoms with van der Waals surface area (Å²) in [5.41, 5.74) is 0.520. The lowest BCUT2D eigenvalue weighted by atomic mass is 9.44. The number of hydrogen-bond donors (Lipinski definition) is 2. The molecule has 0 aliphatic heterocycles. The first-order valence-corrected chi connectivity index (χ1v) is 10.3. The highest BCUT2D eigenvalue weighted by molar-refractivity contribution is 5.10. The summed E-state index contributed by atoms with van der Waals surface area (Å²) in [4.78, 5) is 0. The van der Waals surface area contributed by atoms with Crippen molar-refractivity contribution in [3.63, 3.8) is 0 Å². The topological polar surface area (TPSA) is 58.9 Å². The van der Waals surface area contributed by atoms with Gasteiger partial charge in [0, 0.05) is 7.11 Å². The van der Waals surface area contributed by atoms with E-state index in [0.717, 1.165) is 38.5 Å². The van der Waals surface area contributed by atoms with Crippen LogP contribution in [-0.4, -0.2) is 42.4 Å². The molecule has 9 atom stereocenters. The first-order valence-electron chi connectivity index (χ1n) is 10.3. The molecule has 4 fully saturated rings. The Hall–Kier alpha value is -0.160. The Labute approximate surface area is 152 Å². The maximum Gasteiger partial charge on any atom is 0.146 e. The van der Waals surface area contributed by atoms with Gasteiger partial charge in [-0.2, -0.15) is 0 Å². The quantitative estimate of drug-likeness (QED) is 0.765. The van der Waals surface area contributed by atoms with E-state index in [-0.39, 0.29) is 23.7 Å². The van der Waals surface area contributed by atoms with Crippen LogP contribution in [0.15, 0.2) is 0 Å². The van der Waals surface area contributed by atoms with Crippen LogP contribution >= 0.6 is 0 Å². The van der Waals surface area contributed by atoms with E-state index in [1.807, 2.05) is 0 Å². The first-order chi connectivity index (χ1) is 11.9. The number of ether oxygens (including phenoxy) is 2. The number of rotatable bonds is 3. The molecular weight excluding hydrogens is 316 g/mol. The predicted molar refractivity (Wildman–Crippen MR) is 95.9 cm³/mol. The Morgan fingerprint density at radius 1 is 0.960 bits per heavy atom. The average Bonchev–Trinajstić information content (AvgIpc) is 2.88. The number of aliphatic hydroxyl groups excluding tert-OH is 2. The third kappa shape index (κ3) is 2.88. The average molecular weight is 353 g/mol. The second kappa shape index (κ2) is 6.47. The summed E-state index contributed by atoms with van der Waals surface area (Å²) in [5.74, 6) is 2.23. The smallest absolute Gasteiger partial charge is 0.146 e. The normalized spacial score (nSPS) is 55.3. The van der Waals surface area contributed by atoms with Crippen LogP contribution in [0.25, 0.3) is 0 Å². The van der Waals surface area contributed by atoms with E-state index in [1.54, 1.807) is 7.11 Å². The standard InChI is InChI=1S/C21H36O4/c1-20-6-5-16-15(17(20)8-13(22)11-20)10-19(23)18-9-14(25-12-24-3)4-7-21(16,18)2/h13-19,22-23H,4-12H2,1-3H3/t13?,14?,15-,16+,17+,18?,19?,20-,21-/m1/s1. The van der Waals surface area contributed by atoms with Crippen molar-refractivity contribution < 1.29 is 19.7 Å². The predicted octanol–water partition coefficient (Wildman–Crippen LogP) is 3.35. The second-order valence-corrected chi connectivity index (χ2v) is 10.0. The molecule has 0 spiro atoms. The van der Waals surface area contributed by atoms with Gasteiger partial charge in [-0.15, -0.1) is 0 Å². The van der Waals surface area contributed by atoms with E-state index in [2.05, 4.69) is 13.8 Å². The van der Waals surface area contributed by atoms with Crippen LogP contribution in [0.5, 0.6) is 0 Å². The lowest BCUT2D eigenvalue weighted by molar-refractivity contribution is -0.183. The molecule has 4 nitrogen and oxygen atoms in total. The highest BCUT2D eigenvalue weighted by Crippen LogP contribution is 2.66. The minimum Gasteiger partial charge on any atom is -0.393 e. The van der Waals surface area contributed by atoms with Gasteiger partial charge in [0.15, 0.2) is 0 Å². The molecule has 4 unspecified atom stereocenters. The van der Waals surface area contributed by atoms with Crippen molar-refractivity contribution in [2.24, 2.45) is 34.5 Å². The molecular formula is C21H36O4. The zero-order valence-electron chi connectivity index (χ0n) is 16.1. The maximum absolute atomic E-state index is 11.1. The fourth-order valence-corrected chi connectivity index (χ4v) is 7.60. The molecule has 4 saturated carbocycles. The van der Waals surface area contributed by atoms with Crippen LogP contribution in [-0.2, 0) is 9.47 Å². The van der Waals surface area contributed by atoms with Crippen molar-refractivity contribution in [2.75, 3.05) is 13.9 Å². The van der Waals surface area contributed by atoms with Gasteiger partial charge in [-0.05, 0) is 85.9 Å². The van der Waals surface area contributed by atoms with Gasteiger partial charge in [0.2, 0.25) is 0 Å². The van der Waals surface area contributed by atoms with Crippen molar-refractivity contribution in [1.82, 2.24) is 0 Å². The lowest BCUT2D eigenvalue weighted by Crippen LogP contribution is -2.57. The summed E-state index contributed by atoms with van der Waals surface area (Å²) in [7, 11) is 1.67. The van der Waals surface area contributed by atoms with Crippen LogP contribution in [0.4, 0.5) is 0 Å². The summed E-state index contributed by atoms with van der Waals surface area (Å²) < 4.78 is 10.9. The molecule has 4 aliphatic rings. The van der Waals surface area contributed by atoms with Gasteiger partial charge in [-0.3, -0.25) is 0 Å². The minimum atomic E-state index is -0.222. The highest BCUT2D eigenvalue weighted by atomic mass is 16.7. The molecule has 0 amide bonds. The molecule has 0 radical (unpaired) electrons. The number of methoxy groups -OCH3 is 1.